The number of rotatable bonds is 5. The molecule has 1 N–H and O–H groups in total. The summed E-state index contributed by atoms with van der Waals surface area (Å²) in [6, 6.07) is 7.37. The van der Waals surface area contributed by atoms with Gasteiger partial charge in [0, 0.05) is 19.3 Å². The summed E-state index contributed by atoms with van der Waals surface area (Å²) < 4.78 is 18.6. The van der Waals surface area contributed by atoms with Crippen LogP contribution in [0, 0.1) is 11.7 Å². The Morgan fingerprint density at radius 1 is 1.39 bits per heavy atom. The molecule has 1 saturated heterocycles. The number of likely N-dealkylation sites (N-methyl/N-ethyl adjacent to an activating group) is 1. The molecular weight excluding hydrogens is 229 g/mol. The van der Waals surface area contributed by atoms with Crippen molar-refractivity contribution in [3.8, 4) is 0 Å². The van der Waals surface area contributed by atoms with Gasteiger partial charge in [0.15, 0.2) is 0 Å². The standard InChI is InChI=1S/C15H22FNO/c1-2-17-15(13-6-8-18-9-7-13)11-12-4-3-5-14(16)10-12/h3-5,10,13,15,17H,2,6-9,11H2,1H3. The van der Waals surface area contributed by atoms with Crippen LogP contribution in [0.15, 0.2) is 24.3 Å². The van der Waals surface area contributed by atoms with E-state index in [0.717, 1.165) is 44.6 Å². The van der Waals surface area contributed by atoms with Crippen molar-refractivity contribution in [1.29, 1.82) is 0 Å². The third-order valence-corrected chi connectivity index (χ3v) is 3.65. The quantitative estimate of drug-likeness (QED) is 0.869. The molecule has 0 saturated carbocycles. The topological polar surface area (TPSA) is 21.3 Å². The molecular formula is C15H22FNO. The molecule has 1 aromatic carbocycles. The second-order valence-electron chi connectivity index (χ2n) is 4.95. The van der Waals surface area contributed by atoms with Crippen molar-refractivity contribution in [3.63, 3.8) is 0 Å². The molecule has 100 valence electrons. The molecule has 0 aliphatic carbocycles. The zero-order chi connectivity index (χ0) is 12.8. The lowest BCUT2D eigenvalue weighted by molar-refractivity contribution is 0.0539. The van der Waals surface area contributed by atoms with Gasteiger partial charge < -0.3 is 10.1 Å². The Hall–Kier alpha value is -0.930. The largest absolute Gasteiger partial charge is 0.381 e. The first-order valence-corrected chi connectivity index (χ1v) is 6.85. The molecule has 1 atom stereocenters. The SMILES string of the molecule is CCNC(Cc1cccc(F)c1)C1CCOCC1. The molecule has 3 heteroatoms. The van der Waals surface area contributed by atoms with Crippen LogP contribution in [-0.2, 0) is 11.2 Å². The molecule has 0 spiro atoms. The van der Waals surface area contributed by atoms with Gasteiger partial charge in [0.2, 0.25) is 0 Å². The van der Waals surface area contributed by atoms with Crippen LogP contribution < -0.4 is 5.32 Å². The van der Waals surface area contributed by atoms with E-state index >= 15 is 0 Å². The van der Waals surface area contributed by atoms with Gasteiger partial charge in [-0.2, -0.15) is 0 Å². The van der Waals surface area contributed by atoms with Crippen molar-refractivity contribution in [2.24, 2.45) is 5.92 Å². The van der Waals surface area contributed by atoms with E-state index in [0.29, 0.717) is 12.0 Å². The van der Waals surface area contributed by atoms with Gasteiger partial charge in [0.05, 0.1) is 0 Å². The van der Waals surface area contributed by atoms with Gasteiger partial charge in [-0.3, -0.25) is 0 Å². The average molecular weight is 251 g/mol. The molecule has 1 aliphatic rings. The van der Waals surface area contributed by atoms with Gasteiger partial charge in [-0.25, -0.2) is 4.39 Å². The second kappa shape index (κ2) is 6.86. The Morgan fingerprint density at radius 2 is 2.17 bits per heavy atom. The van der Waals surface area contributed by atoms with E-state index < -0.39 is 0 Å². The summed E-state index contributed by atoms with van der Waals surface area (Å²) >= 11 is 0. The molecule has 1 heterocycles. The van der Waals surface area contributed by atoms with Crippen LogP contribution in [0.4, 0.5) is 4.39 Å². The van der Waals surface area contributed by atoms with Crippen molar-refractivity contribution in [2.45, 2.75) is 32.2 Å². The predicted molar refractivity (Wildman–Crippen MR) is 71.1 cm³/mol. The lowest BCUT2D eigenvalue weighted by Crippen LogP contribution is -2.40. The number of benzene rings is 1. The zero-order valence-electron chi connectivity index (χ0n) is 11.0. The van der Waals surface area contributed by atoms with Gasteiger partial charge in [0.25, 0.3) is 0 Å². The summed E-state index contributed by atoms with van der Waals surface area (Å²) in [5, 5.41) is 3.54. The van der Waals surface area contributed by atoms with Gasteiger partial charge in [-0.15, -0.1) is 0 Å². The van der Waals surface area contributed by atoms with E-state index in [1.807, 2.05) is 6.07 Å². The lowest BCUT2D eigenvalue weighted by Gasteiger charge is -2.31. The summed E-state index contributed by atoms with van der Waals surface area (Å²) in [5.74, 6) is 0.497. The van der Waals surface area contributed by atoms with Crippen molar-refractivity contribution in [1.82, 2.24) is 5.32 Å². The van der Waals surface area contributed by atoms with E-state index in [2.05, 4.69) is 12.2 Å². The Kier molecular flexibility index (Phi) is 5.14. The fraction of sp³-hybridized carbons (Fsp3) is 0.600. The second-order valence-corrected chi connectivity index (χ2v) is 4.95. The molecule has 1 unspecified atom stereocenters. The summed E-state index contributed by atoms with van der Waals surface area (Å²) in [5.41, 5.74) is 1.08. The monoisotopic (exact) mass is 251 g/mol. The van der Waals surface area contributed by atoms with E-state index in [1.54, 1.807) is 12.1 Å². The number of hydrogen-bond donors (Lipinski definition) is 1. The van der Waals surface area contributed by atoms with Crippen LogP contribution >= 0.6 is 0 Å². The smallest absolute Gasteiger partial charge is 0.123 e. The fourth-order valence-electron chi connectivity index (χ4n) is 2.70. The van der Waals surface area contributed by atoms with Crippen LogP contribution in [0.25, 0.3) is 0 Å². The molecule has 1 aromatic rings. The fourth-order valence-corrected chi connectivity index (χ4v) is 2.70. The number of hydrogen-bond acceptors (Lipinski definition) is 2. The molecule has 0 aromatic heterocycles. The number of nitrogens with one attached hydrogen (secondary N) is 1. The van der Waals surface area contributed by atoms with Crippen LogP contribution in [0.3, 0.4) is 0 Å². The highest BCUT2D eigenvalue weighted by atomic mass is 19.1. The highest BCUT2D eigenvalue weighted by Crippen LogP contribution is 2.21. The highest BCUT2D eigenvalue weighted by Gasteiger charge is 2.23. The molecule has 0 amide bonds. The molecule has 1 fully saturated rings. The molecule has 0 radical (unpaired) electrons. The van der Waals surface area contributed by atoms with Crippen molar-refractivity contribution >= 4 is 0 Å². The predicted octanol–water partition coefficient (Wildman–Crippen LogP) is 2.77. The van der Waals surface area contributed by atoms with Crippen molar-refractivity contribution < 1.29 is 9.13 Å². The third-order valence-electron chi connectivity index (χ3n) is 3.65. The van der Waals surface area contributed by atoms with Crippen molar-refractivity contribution in [2.75, 3.05) is 19.8 Å². The van der Waals surface area contributed by atoms with E-state index in [4.69, 9.17) is 4.74 Å². The first-order chi connectivity index (χ1) is 8.79. The normalized spacial score (nSPS) is 18.8. The summed E-state index contributed by atoms with van der Waals surface area (Å²) in [7, 11) is 0. The molecule has 2 nitrogen and oxygen atoms in total. The zero-order valence-corrected chi connectivity index (χ0v) is 11.0. The first-order valence-electron chi connectivity index (χ1n) is 6.85. The summed E-state index contributed by atoms with van der Waals surface area (Å²) in [6.07, 6.45) is 3.11. The number of ether oxygens (including phenoxy) is 1. The van der Waals surface area contributed by atoms with Crippen LogP contribution in [-0.4, -0.2) is 25.8 Å². The van der Waals surface area contributed by atoms with Crippen LogP contribution in [0.5, 0.6) is 0 Å². The van der Waals surface area contributed by atoms with E-state index in [-0.39, 0.29) is 5.82 Å². The molecule has 18 heavy (non-hydrogen) atoms. The first kappa shape index (κ1) is 13.5. The number of halogens is 1. The summed E-state index contributed by atoms with van der Waals surface area (Å²) in [6.45, 7) is 4.79. The Labute approximate surface area is 109 Å². The molecule has 1 aliphatic heterocycles. The Bertz CT molecular complexity index is 363. The van der Waals surface area contributed by atoms with E-state index in [9.17, 15) is 4.39 Å². The van der Waals surface area contributed by atoms with Gasteiger partial charge in [-0.05, 0) is 49.4 Å². The minimum Gasteiger partial charge on any atom is -0.381 e. The minimum absolute atomic E-state index is 0.144. The third kappa shape index (κ3) is 3.79. The minimum atomic E-state index is -0.144. The van der Waals surface area contributed by atoms with Gasteiger partial charge in [0.1, 0.15) is 5.82 Å². The van der Waals surface area contributed by atoms with Crippen LogP contribution in [0.2, 0.25) is 0 Å². The lowest BCUT2D eigenvalue weighted by atomic mass is 9.87. The average Bonchev–Trinajstić information content (AvgIpc) is 2.39. The highest BCUT2D eigenvalue weighted by molar-refractivity contribution is 5.17. The maximum absolute atomic E-state index is 13.2. The van der Waals surface area contributed by atoms with Gasteiger partial charge in [-0.1, -0.05) is 19.1 Å². The van der Waals surface area contributed by atoms with Crippen LogP contribution in [0.1, 0.15) is 25.3 Å². The maximum atomic E-state index is 13.2. The Morgan fingerprint density at radius 3 is 2.83 bits per heavy atom. The molecule has 0 bridgehead atoms. The molecule has 2 rings (SSSR count). The Balaban J connectivity index is 2.00. The van der Waals surface area contributed by atoms with E-state index in [1.165, 1.54) is 6.07 Å². The summed E-state index contributed by atoms with van der Waals surface area (Å²) in [4.78, 5) is 0. The van der Waals surface area contributed by atoms with Gasteiger partial charge >= 0.3 is 0 Å². The van der Waals surface area contributed by atoms with Crippen molar-refractivity contribution in [3.05, 3.63) is 35.6 Å². The maximum Gasteiger partial charge on any atom is 0.123 e.